The second kappa shape index (κ2) is 5.70. The smallest absolute Gasteiger partial charge is 0.377 e. The molecule has 0 spiro atoms. The first-order chi connectivity index (χ1) is 8.14. The predicted octanol–water partition coefficient (Wildman–Crippen LogP) is -0.523. The van der Waals surface area contributed by atoms with Crippen molar-refractivity contribution in [2.45, 2.75) is 37.7 Å². The second-order valence-corrected chi connectivity index (χ2v) is 5.51. The second-order valence-electron chi connectivity index (χ2n) is 3.98. The molecule has 108 valence electrons. The summed E-state index contributed by atoms with van der Waals surface area (Å²) in [6, 6.07) is -1.15. The van der Waals surface area contributed by atoms with E-state index in [1.807, 2.05) is 0 Å². The van der Waals surface area contributed by atoms with E-state index >= 15 is 0 Å². The highest BCUT2D eigenvalue weighted by Crippen LogP contribution is 2.23. The van der Waals surface area contributed by atoms with Crippen LogP contribution in [0.3, 0.4) is 0 Å². The minimum absolute atomic E-state index is 0.381. The van der Waals surface area contributed by atoms with Crippen molar-refractivity contribution in [1.82, 2.24) is 9.44 Å². The van der Waals surface area contributed by atoms with Gasteiger partial charge in [-0.3, -0.25) is 0 Å². The summed E-state index contributed by atoms with van der Waals surface area (Å²) in [6.07, 6.45) is -4.52. The summed E-state index contributed by atoms with van der Waals surface area (Å²) < 4.78 is 67.0. The number of nitrogens with one attached hydrogen (secondary N) is 2. The summed E-state index contributed by atoms with van der Waals surface area (Å²) in [6.45, 7) is 0.493. The van der Waals surface area contributed by atoms with Gasteiger partial charge in [0.15, 0.2) is 0 Å². The summed E-state index contributed by atoms with van der Waals surface area (Å²) in [5, 5.41) is 0. The van der Waals surface area contributed by atoms with Crippen LogP contribution < -0.4 is 15.2 Å². The van der Waals surface area contributed by atoms with Gasteiger partial charge in [0.05, 0.1) is 12.1 Å². The van der Waals surface area contributed by atoms with Crippen LogP contribution in [0, 0.1) is 0 Å². The lowest BCUT2D eigenvalue weighted by Crippen LogP contribution is -2.66. The highest BCUT2D eigenvalue weighted by molar-refractivity contribution is 7.87. The monoisotopic (exact) mass is 291 g/mol. The van der Waals surface area contributed by atoms with E-state index in [2.05, 4.69) is 4.72 Å². The Kier molecular flexibility index (Phi) is 4.95. The van der Waals surface area contributed by atoms with Crippen molar-refractivity contribution in [1.29, 1.82) is 0 Å². The van der Waals surface area contributed by atoms with E-state index in [1.54, 1.807) is 6.92 Å². The minimum Gasteiger partial charge on any atom is -0.377 e. The molecule has 0 aromatic heterocycles. The normalized spacial score (nSPS) is 29.1. The molecule has 0 radical (unpaired) electrons. The van der Waals surface area contributed by atoms with Gasteiger partial charge < -0.3 is 10.5 Å². The first-order valence-corrected chi connectivity index (χ1v) is 6.84. The van der Waals surface area contributed by atoms with Crippen LogP contribution in [0.1, 0.15) is 13.3 Å². The van der Waals surface area contributed by atoms with E-state index in [-0.39, 0.29) is 0 Å². The van der Waals surface area contributed by atoms with Crippen molar-refractivity contribution in [2.75, 3.05) is 13.2 Å². The van der Waals surface area contributed by atoms with Crippen molar-refractivity contribution in [3.63, 3.8) is 0 Å². The Morgan fingerprint density at radius 2 is 2.06 bits per heavy atom. The van der Waals surface area contributed by atoms with Gasteiger partial charge in [-0.15, -0.1) is 0 Å². The molecule has 0 aliphatic heterocycles. The quantitative estimate of drug-likeness (QED) is 0.614. The number of rotatable bonds is 6. The lowest BCUT2D eigenvalue weighted by atomic mass is 9.84. The molecule has 3 atom stereocenters. The Bertz CT molecular complexity index is 372. The van der Waals surface area contributed by atoms with Gasteiger partial charge in [-0.05, 0) is 13.3 Å². The fraction of sp³-hybridized carbons (Fsp3) is 1.00. The van der Waals surface area contributed by atoms with Gasteiger partial charge in [0.1, 0.15) is 6.54 Å². The third kappa shape index (κ3) is 4.69. The van der Waals surface area contributed by atoms with Gasteiger partial charge in [0, 0.05) is 12.6 Å². The molecule has 0 saturated heterocycles. The Hall–Kier alpha value is -0.420. The molecule has 3 unspecified atom stereocenters. The topological polar surface area (TPSA) is 93.4 Å². The summed E-state index contributed by atoms with van der Waals surface area (Å²) in [5.74, 6) is 0. The highest BCUT2D eigenvalue weighted by atomic mass is 32.2. The Balaban J connectivity index is 2.49. The zero-order valence-electron chi connectivity index (χ0n) is 9.70. The first-order valence-electron chi connectivity index (χ1n) is 5.35. The van der Waals surface area contributed by atoms with E-state index in [4.69, 9.17) is 10.5 Å². The van der Waals surface area contributed by atoms with E-state index in [0.717, 1.165) is 0 Å². The van der Waals surface area contributed by atoms with Crippen LogP contribution >= 0.6 is 0 Å². The fourth-order valence-electron chi connectivity index (χ4n) is 1.59. The van der Waals surface area contributed by atoms with Crippen LogP contribution in [-0.4, -0.2) is 45.9 Å². The van der Waals surface area contributed by atoms with Crippen molar-refractivity contribution < 1.29 is 26.3 Å². The average Bonchev–Trinajstić information content (AvgIpc) is 2.23. The molecule has 1 rings (SSSR count). The highest BCUT2D eigenvalue weighted by Gasteiger charge is 2.42. The SMILES string of the molecule is CCOC1CC(N)C1NS(=O)(=O)NCC(F)(F)F. The van der Waals surface area contributed by atoms with Crippen LogP contribution in [0.4, 0.5) is 13.2 Å². The molecular weight excluding hydrogens is 275 g/mol. The Morgan fingerprint density at radius 3 is 2.50 bits per heavy atom. The maximum atomic E-state index is 11.9. The maximum Gasteiger partial charge on any atom is 0.402 e. The number of hydrogen-bond donors (Lipinski definition) is 3. The van der Waals surface area contributed by atoms with Gasteiger partial charge >= 0.3 is 6.18 Å². The molecule has 0 amide bonds. The fourth-order valence-corrected chi connectivity index (χ4v) is 2.71. The van der Waals surface area contributed by atoms with Crippen LogP contribution in [0.5, 0.6) is 0 Å². The minimum atomic E-state index is -4.60. The van der Waals surface area contributed by atoms with E-state index in [9.17, 15) is 21.6 Å². The van der Waals surface area contributed by atoms with Gasteiger partial charge in [0.2, 0.25) is 0 Å². The lowest BCUT2D eigenvalue weighted by molar-refractivity contribution is -0.121. The van der Waals surface area contributed by atoms with Crippen LogP contribution in [0.2, 0.25) is 0 Å². The van der Waals surface area contributed by atoms with Crippen molar-refractivity contribution in [3.05, 3.63) is 0 Å². The third-order valence-corrected chi connectivity index (χ3v) is 3.61. The van der Waals surface area contributed by atoms with Crippen LogP contribution in [0.25, 0.3) is 0 Å². The summed E-state index contributed by atoms with van der Waals surface area (Å²) in [4.78, 5) is 0. The van der Waals surface area contributed by atoms with Gasteiger partial charge in [-0.25, -0.2) is 0 Å². The van der Waals surface area contributed by atoms with Crippen LogP contribution in [-0.2, 0) is 14.9 Å². The molecule has 10 heteroatoms. The molecular formula is C8H16F3N3O3S. The largest absolute Gasteiger partial charge is 0.402 e. The summed E-state index contributed by atoms with van der Waals surface area (Å²) in [7, 11) is -4.24. The molecule has 0 aromatic carbocycles. The van der Waals surface area contributed by atoms with Crippen LogP contribution in [0.15, 0.2) is 0 Å². The molecule has 0 aromatic rings. The standard InChI is InChI=1S/C8H16F3N3O3S/c1-2-17-6-3-5(12)7(6)14-18(15,16)13-4-8(9,10)11/h5-7,13-14H,2-4,12H2,1H3. The molecule has 0 heterocycles. The predicted molar refractivity (Wildman–Crippen MR) is 57.9 cm³/mol. The summed E-state index contributed by atoms with van der Waals surface area (Å²) >= 11 is 0. The summed E-state index contributed by atoms with van der Waals surface area (Å²) in [5.41, 5.74) is 5.58. The van der Waals surface area contributed by atoms with E-state index < -0.39 is 41.1 Å². The molecule has 4 N–H and O–H groups in total. The number of nitrogens with two attached hydrogens (primary N) is 1. The molecule has 1 aliphatic rings. The van der Waals surface area contributed by atoms with E-state index in [1.165, 1.54) is 4.72 Å². The number of alkyl halides is 3. The van der Waals surface area contributed by atoms with Crippen molar-refractivity contribution in [3.8, 4) is 0 Å². The molecule has 18 heavy (non-hydrogen) atoms. The first kappa shape index (κ1) is 15.6. The molecule has 1 saturated carbocycles. The third-order valence-electron chi connectivity index (χ3n) is 2.50. The number of halogens is 3. The van der Waals surface area contributed by atoms with Crippen molar-refractivity contribution >= 4 is 10.2 Å². The maximum absolute atomic E-state index is 11.9. The van der Waals surface area contributed by atoms with Gasteiger partial charge in [0.25, 0.3) is 10.2 Å². The number of ether oxygens (including phenoxy) is 1. The lowest BCUT2D eigenvalue weighted by Gasteiger charge is -2.42. The molecule has 0 bridgehead atoms. The van der Waals surface area contributed by atoms with E-state index in [0.29, 0.717) is 13.0 Å². The van der Waals surface area contributed by atoms with Gasteiger partial charge in [-0.1, -0.05) is 0 Å². The molecule has 6 nitrogen and oxygen atoms in total. The average molecular weight is 291 g/mol. The zero-order valence-corrected chi connectivity index (χ0v) is 10.5. The Morgan fingerprint density at radius 1 is 1.44 bits per heavy atom. The van der Waals surface area contributed by atoms with Gasteiger partial charge in [-0.2, -0.15) is 31.0 Å². The number of hydrogen-bond acceptors (Lipinski definition) is 4. The molecule has 1 fully saturated rings. The zero-order chi connectivity index (χ0) is 14.0. The Labute approximate surface area is 103 Å². The van der Waals surface area contributed by atoms with Crippen molar-refractivity contribution in [2.24, 2.45) is 5.73 Å². The molecule has 1 aliphatic carbocycles.